The van der Waals surface area contributed by atoms with Crippen LogP contribution in [0, 0.1) is 6.92 Å². The summed E-state index contributed by atoms with van der Waals surface area (Å²) in [6.45, 7) is 4.21. The van der Waals surface area contributed by atoms with Crippen molar-refractivity contribution in [1.82, 2.24) is 10.6 Å². The van der Waals surface area contributed by atoms with E-state index in [2.05, 4.69) is 41.8 Å². The van der Waals surface area contributed by atoms with Crippen molar-refractivity contribution < 1.29 is 9.53 Å². The normalized spacial score (nSPS) is 10.4. The van der Waals surface area contributed by atoms with Crippen molar-refractivity contribution in [2.24, 2.45) is 0 Å². The predicted octanol–water partition coefficient (Wildman–Crippen LogP) is 2.84. The first-order chi connectivity index (χ1) is 11.7. The van der Waals surface area contributed by atoms with E-state index in [1.165, 1.54) is 16.7 Å². The van der Waals surface area contributed by atoms with Crippen LogP contribution in [0.2, 0.25) is 0 Å². The third-order valence-electron chi connectivity index (χ3n) is 3.87. The smallest absolute Gasteiger partial charge is 0.221 e. The first-order valence-electron chi connectivity index (χ1n) is 8.33. The van der Waals surface area contributed by atoms with Gasteiger partial charge in [0, 0.05) is 26.1 Å². The number of amides is 1. The second kappa shape index (κ2) is 9.73. The van der Waals surface area contributed by atoms with Crippen LogP contribution in [-0.4, -0.2) is 26.1 Å². The van der Waals surface area contributed by atoms with E-state index in [9.17, 15) is 4.79 Å². The summed E-state index contributed by atoms with van der Waals surface area (Å²) < 4.78 is 5.13. The van der Waals surface area contributed by atoms with Crippen molar-refractivity contribution in [1.29, 1.82) is 0 Å². The lowest BCUT2D eigenvalue weighted by atomic mass is 10.1. The van der Waals surface area contributed by atoms with E-state index >= 15 is 0 Å². The van der Waals surface area contributed by atoms with E-state index in [1.807, 2.05) is 24.3 Å². The summed E-state index contributed by atoms with van der Waals surface area (Å²) in [6.07, 6.45) is 1.32. The lowest BCUT2D eigenvalue weighted by Gasteiger charge is -2.07. The number of aryl methyl sites for hydroxylation is 1. The highest BCUT2D eigenvalue weighted by atomic mass is 16.5. The van der Waals surface area contributed by atoms with Gasteiger partial charge in [0.1, 0.15) is 5.75 Å². The lowest BCUT2D eigenvalue weighted by Crippen LogP contribution is -2.29. The first-order valence-corrected chi connectivity index (χ1v) is 8.33. The van der Waals surface area contributed by atoms with Crippen molar-refractivity contribution >= 4 is 5.91 Å². The van der Waals surface area contributed by atoms with Gasteiger partial charge in [-0.05, 0) is 36.6 Å². The Morgan fingerprint density at radius 3 is 2.29 bits per heavy atom. The minimum absolute atomic E-state index is 0.0833. The van der Waals surface area contributed by atoms with E-state index < -0.39 is 0 Å². The molecule has 128 valence electrons. The molecule has 2 aromatic rings. The van der Waals surface area contributed by atoms with Gasteiger partial charge >= 0.3 is 0 Å². The van der Waals surface area contributed by atoms with Crippen molar-refractivity contribution in [3.8, 4) is 5.75 Å². The third-order valence-corrected chi connectivity index (χ3v) is 3.87. The Morgan fingerprint density at radius 1 is 0.958 bits per heavy atom. The van der Waals surface area contributed by atoms with Crippen molar-refractivity contribution in [3.05, 3.63) is 65.2 Å². The summed E-state index contributed by atoms with van der Waals surface area (Å²) in [7, 11) is 1.65. The summed E-state index contributed by atoms with van der Waals surface area (Å²) in [5, 5.41) is 6.25. The van der Waals surface area contributed by atoms with E-state index in [0.29, 0.717) is 19.5 Å². The van der Waals surface area contributed by atoms with E-state index in [0.717, 1.165) is 18.7 Å². The Morgan fingerprint density at radius 2 is 1.62 bits per heavy atom. The second-order valence-corrected chi connectivity index (χ2v) is 5.86. The number of benzene rings is 2. The fourth-order valence-corrected chi connectivity index (χ4v) is 2.37. The quantitative estimate of drug-likeness (QED) is 0.697. The van der Waals surface area contributed by atoms with Gasteiger partial charge in [-0.2, -0.15) is 0 Å². The molecule has 0 aliphatic rings. The molecule has 0 spiro atoms. The Balaban J connectivity index is 1.56. The molecule has 0 aliphatic carbocycles. The summed E-state index contributed by atoms with van der Waals surface area (Å²) in [4.78, 5) is 11.8. The fraction of sp³-hybridized carbons (Fsp3) is 0.350. The highest BCUT2D eigenvalue weighted by Gasteiger charge is 2.01. The summed E-state index contributed by atoms with van der Waals surface area (Å²) in [5.74, 6) is 0.933. The van der Waals surface area contributed by atoms with Crippen molar-refractivity contribution in [2.75, 3.05) is 20.2 Å². The van der Waals surface area contributed by atoms with Gasteiger partial charge in [0.05, 0.1) is 7.11 Å². The summed E-state index contributed by atoms with van der Waals surface area (Å²) >= 11 is 0. The predicted molar refractivity (Wildman–Crippen MR) is 97.2 cm³/mol. The largest absolute Gasteiger partial charge is 0.497 e. The van der Waals surface area contributed by atoms with Crippen LogP contribution in [0.5, 0.6) is 5.75 Å². The standard InChI is InChI=1S/C20H26N2O2/c1-16-3-5-18(6-4-16)15-21-13-12-20(23)22-14-11-17-7-9-19(24-2)10-8-17/h3-10,21H,11-15H2,1-2H3,(H,22,23). The molecule has 24 heavy (non-hydrogen) atoms. The van der Waals surface area contributed by atoms with Gasteiger partial charge in [0.15, 0.2) is 0 Å². The van der Waals surface area contributed by atoms with Crippen LogP contribution in [0.4, 0.5) is 0 Å². The third kappa shape index (κ3) is 6.42. The molecule has 4 nitrogen and oxygen atoms in total. The number of ether oxygens (including phenoxy) is 1. The zero-order valence-corrected chi connectivity index (χ0v) is 14.5. The molecule has 2 rings (SSSR count). The second-order valence-electron chi connectivity index (χ2n) is 5.86. The Hall–Kier alpha value is -2.33. The Kier molecular flexibility index (Phi) is 7.30. The van der Waals surface area contributed by atoms with Crippen LogP contribution >= 0.6 is 0 Å². The van der Waals surface area contributed by atoms with E-state index in [-0.39, 0.29) is 5.91 Å². The molecule has 2 aromatic carbocycles. The number of carbonyl (C=O) groups is 1. The van der Waals surface area contributed by atoms with Gasteiger partial charge in [0.25, 0.3) is 0 Å². The van der Waals surface area contributed by atoms with Crippen LogP contribution in [-0.2, 0) is 17.8 Å². The van der Waals surface area contributed by atoms with Gasteiger partial charge in [-0.3, -0.25) is 4.79 Å². The number of carbonyl (C=O) groups excluding carboxylic acids is 1. The zero-order valence-electron chi connectivity index (χ0n) is 14.5. The molecule has 0 aromatic heterocycles. The number of hydrogen-bond acceptors (Lipinski definition) is 3. The maximum absolute atomic E-state index is 11.8. The number of methoxy groups -OCH3 is 1. The average molecular weight is 326 g/mol. The summed E-state index contributed by atoms with van der Waals surface area (Å²) in [6, 6.07) is 16.3. The molecule has 0 heterocycles. The highest BCUT2D eigenvalue weighted by Crippen LogP contribution is 2.11. The molecule has 0 radical (unpaired) electrons. The maximum atomic E-state index is 11.8. The van der Waals surface area contributed by atoms with Crippen LogP contribution < -0.4 is 15.4 Å². The Labute approximate surface area is 144 Å². The Bertz CT molecular complexity index is 621. The summed E-state index contributed by atoms with van der Waals surface area (Å²) in [5.41, 5.74) is 3.68. The lowest BCUT2D eigenvalue weighted by molar-refractivity contribution is -0.120. The van der Waals surface area contributed by atoms with E-state index in [4.69, 9.17) is 4.74 Å². The molecule has 0 fully saturated rings. The average Bonchev–Trinajstić information content (AvgIpc) is 2.61. The maximum Gasteiger partial charge on any atom is 0.221 e. The first kappa shape index (κ1) is 18.0. The molecular weight excluding hydrogens is 300 g/mol. The van der Waals surface area contributed by atoms with Crippen LogP contribution in [0.3, 0.4) is 0 Å². The SMILES string of the molecule is COc1ccc(CCNC(=O)CCNCc2ccc(C)cc2)cc1. The van der Waals surface area contributed by atoms with Crippen molar-refractivity contribution in [2.45, 2.75) is 26.3 Å². The monoisotopic (exact) mass is 326 g/mol. The fourth-order valence-electron chi connectivity index (χ4n) is 2.37. The van der Waals surface area contributed by atoms with Crippen LogP contribution in [0.25, 0.3) is 0 Å². The topological polar surface area (TPSA) is 50.4 Å². The molecule has 0 aliphatic heterocycles. The van der Waals surface area contributed by atoms with Gasteiger partial charge < -0.3 is 15.4 Å². The van der Waals surface area contributed by atoms with Gasteiger partial charge in [-0.25, -0.2) is 0 Å². The van der Waals surface area contributed by atoms with Gasteiger partial charge in [-0.15, -0.1) is 0 Å². The minimum Gasteiger partial charge on any atom is -0.497 e. The molecule has 2 N–H and O–H groups in total. The minimum atomic E-state index is 0.0833. The molecule has 4 heteroatoms. The highest BCUT2D eigenvalue weighted by molar-refractivity contribution is 5.76. The van der Waals surface area contributed by atoms with Crippen LogP contribution in [0.1, 0.15) is 23.1 Å². The molecule has 0 saturated carbocycles. The molecule has 0 bridgehead atoms. The molecule has 0 unspecified atom stereocenters. The van der Waals surface area contributed by atoms with Gasteiger partial charge in [-0.1, -0.05) is 42.0 Å². The molecular formula is C20H26N2O2. The molecule has 0 atom stereocenters. The zero-order chi connectivity index (χ0) is 17.2. The molecule has 0 saturated heterocycles. The number of rotatable bonds is 9. The van der Waals surface area contributed by atoms with Gasteiger partial charge in [0.2, 0.25) is 5.91 Å². The van der Waals surface area contributed by atoms with Crippen molar-refractivity contribution in [3.63, 3.8) is 0 Å². The number of hydrogen-bond donors (Lipinski definition) is 2. The van der Waals surface area contributed by atoms with Crippen LogP contribution in [0.15, 0.2) is 48.5 Å². The van der Waals surface area contributed by atoms with E-state index in [1.54, 1.807) is 7.11 Å². The molecule has 1 amide bonds. The number of nitrogens with one attached hydrogen (secondary N) is 2.